The summed E-state index contributed by atoms with van der Waals surface area (Å²) in [6.45, 7) is 4.74. The van der Waals surface area contributed by atoms with Crippen LogP contribution in [0.2, 0.25) is 0 Å². The van der Waals surface area contributed by atoms with Crippen molar-refractivity contribution in [3.63, 3.8) is 0 Å². The first kappa shape index (κ1) is 19.2. The Morgan fingerprint density at radius 2 is 1.92 bits per heavy atom. The summed E-state index contributed by atoms with van der Waals surface area (Å²) in [5.41, 5.74) is -2.26. The fourth-order valence-corrected chi connectivity index (χ4v) is 1.88. The van der Waals surface area contributed by atoms with E-state index in [1.807, 2.05) is 0 Å². The lowest BCUT2D eigenvalue weighted by Gasteiger charge is -2.20. The fourth-order valence-electron chi connectivity index (χ4n) is 1.53. The molecule has 11 heteroatoms. The minimum atomic E-state index is -5.52. The van der Waals surface area contributed by atoms with Gasteiger partial charge in [0.2, 0.25) is 0 Å². The van der Waals surface area contributed by atoms with Crippen LogP contribution in [0.15, 0.2) is 12.1 Å². The van der Waals surface area contributed by atoms with E-state index in [0.717, 1.165) is 6.07 Å². The van der Waals surface area contributed by atoms with E-state index >= 15 is 0 Å². The monoisotopic (exact) mass is 360 g/mol. The second-order valence-electron chi connectivity index (χ2n) is 5.41. The molecule has 0 atom stereocenters. The zero-order chi connectivity index (χ0) is 18.7. The van der Waals surface area contributed by atoms with Crippen LogP contribution in [-0.2, 0) is 15.2 Å². The number of nitrogens with one attached hydrogen (secondary N) is 1. The van der Waals surface area contributed by atoms with Crippen molar-refractivity contribution in [2.45, 2.75) is 26.4 Å². The summed E-state index contributed by atoms with van der Waals surface area (Å²) >= 11 is 0. The van der Waals surface area contributed by atoms with Crippen molar-refractivity contribution in [3.8, 4) is 11.8 Å². The van der Waals surface area contributed by atoms with Crippen molar-refractivity contribution in [2.24, 2.45) is 0 Å². The normalized spacial score (nSPS) is 11.3. The van der Waals surface area contributed by atoms with Crippen molar-refractivity contribution in [1.29, 1.82) is 5.26 Å². The number of hydrogen-bond acceptors (Lipinski definition) is 7. The Labute approximate surface area is 137 Å². The lowest BCUT2D eigenvalue weighted by Crippen LogP contribution is -2.27. The van der Waals surface area contributed by atoms with Crippen LogP contribution in [0.1, 0.15) is 36.7 Å². The minimum absolute atomic E-state index is 0.310. The van der Waals surface area contributed by atoms with Crippen molar-refractivity contribution >= 4 is 28.3 Å². The smallest absolute Gasteiger partial charge is 0.478 e. The van der Waals surface area contributed by atoms with Gasteiger partial charge in [0.15, 0.2) is 5.75 Å². The summed E-state index contributed by atoms with van der Waals surface area (Å²) in [6, 6.07) is 3.05. The number of carboxylic acid groups (broad SMARTS) is 1. The number of nitriles is 1. The Balaban J connectivity index is 3.34. The topological polar surface area (TPSA) is 143 Å². The van der Waals surface area contributed by atoms with Crippen LogP contribution < -0.4 is 9.50 Å². The van der Waals surface area contributed by atoms with Crippen LogP contribution >= 0.6 is 0 Å². The number of anilines is 1. The van der Waals surface area contributed by atoms with Crippen molar-refractivity contribution < 1.29 is 35.9 Å². The Kier molecular flexibility index (Phi) is 5.36. The van der Waals surface area contributed by atoms with E-state index in [0.29, 0.717) is 6.07 Å². The molecule has 0 bridgehead atoms. The quantitative estimate of drug-likeness (QED) is 0.778. The maximum atomic E-state index is 12.7. The average Bonchev–Trinajstić information content (AvgIpc) is 2.34. The molecule has 0 radical (unpaired) electrons. The molecule has 0 unspecified atom stereocenters. The molecule has 0 aliphatic heterocycles. The number of aromatic carboxylic acids is 1. The van der Waals surface area contributed by atoms with Crippen LogP contribution in [0, 0.1) is 11.3 Å². The number of carbonyl (C=O) groups excluding carboxylic acids is 1. The average molecular weight is 360 g/mol. The molecule has 0 heterocycles. The SMILES string of the molecule is CC(C)(C)OC(=O)Nc1cc(OS(=O)(=O)F)c(C(=O)O)cc1C#N. The Morgan fingerprint density at radius 1 is 1.33 bits per heavy atom. The second-order valence-corrected chi connectivity index (χ2v) is 6.37. The third kappa shape index (κ3) is 5.73. The molecule has 24 heavy (non-hydrogen) atoms. The van der Waals surface area contributed by atoms with Gasteiger partial charge in [-0.05, 0) is 26.8 Å². The lowest BCUT2D eigenvalue weighted by atomic mass is 10.1. The van der Waals surface area contributed by atoms with Crippen molar-refractivity contribution in [3.05, 3.63) is 23.3 Å². The highest BCUT2D eigenvalue weighted by Crippen LogP contribution is 2.29. The number of ether oxygens (including phenoxy) is 1. The Bertz CT molecular complexity index is 822. The zero-order valence-corrected chi connectivity index (χ0v) is 13.6. The van der Waals surface area contributed by atoms with Crippen LogP contribution in [0.25, 0.3) is 0 Å². The number of nitrogens with zero attached hydrogens (tertiary/aromatic N) is 1. The van der Waals surface area contributed by atoms with Gasteiger partial charge in [0.25, 0.3) is 0 Å². The summed E-state index contributed by atoms with van der Waals surface area (Å²) in [5.74, 6) is -2.57. The van der Waals surface area contributed by atoms with E-state index < -0.39 is 39.5 Å². The molecule has 130 valence electrons. The summed E-state index contributed by atoms with van der Waals surface area (Å²) in [7, 11) is -5.52. The van der Waals surface area contributed by atoms with Gasteiger partial charge in [-0.3, -0.25) is 5.32 Å². The molecule has 0 aromatic heterocycles. The number of halogens is 1. The highest BCUT2D eigenvalue weighted by Gasteiger charge is 2.23. The number of carboxylic acids is 1. The summed E-state index contributed by atoms with van der Waals surface area (Å²) < 4.78 is 42.8. The Morgan fingerprint density at radius 3 is 2.33 bits per heavy atom. The highest BCUT2D eigenvalue weighted by molar-refractivity contribution is 7.81. The first-order chi connectivity index (χ1) is 10.8. The fraction of sp³-hybridized carbons (Fsp3) is 0.308. The first-order valence-electron chi connectivity index (χ1n) is 6.28. The van der Waals surface area contributed by atoms with Crippen LogP contribution in [-0.4, -0.2) is 31.2 Å². The summed E-state index contributed by atoms with van der Waals surface area (Å²) in [6.07, 6.45) is -0.990. The summed E-state index contributed by atoms with van der Waals surface area (Å²) in [4.78, 5) is 22.8. The number of carbonyl (C=O) groups is 2. The maximum absolute atomic E-state index is 12.7. The number of rotatable bonds is 4. The molecule has 0 aliphatic rings. The van der Waals surface area contributed by atoms with E-state index in [1.165, 1.54) is 0 Å². The minimum Gasteiger partial charge on any atom is -0.478 e. The molecule has 0 saturated carbocycles. The van der Waals surface area contributed by atoms with E-state index in [2.05, 4.69) is 9.50 Å². The third-order valence-corrected chi connectivity index (χ3v) is 2.67. The van der Waals surface area contributed by atoms with E-state index in [9.17, 15) is 21.9 Å². The third-order valence-electron chi connectivity index (χ3n) is 2.30. The van der Waals surface area contributed by atoms with Gasteiger partial charge in [-0.25, -0.2) is 9.59 Å². The van der Waals surface area contributed by atoms with E-state index in [1.54, 1.807) is 26.8 Å². The second kappa shape index (κ2) is 6.71. The summed E-state index contributed by atoms with van der Waals surface area (Å²) in [5, 5.41) is 20.2. The molecule has 1 aromatic rings. The van der Waals surface area contributed by atoms with Crippen molar-refractivity contribution in [1.82, 2.24) is 0 Å². The standard InChI is InChI=1S/C13H13FN2O7S/c1-13(2,3)22-12(19)16-9-5-10(23-24(14,20)21)8(11(17)18)4-7(9)6-15/h4-5H,1-3H3,(H,16,19)(H,17,18). The van der Waals surface area contributed by atoms with Gasteiger partial charge in [-0.15, -0.1) is 0 Å². The molecule has 9 nitrogen and oxygen atoms in total. The van der Waals surface area contributed by atoms with Crippen molar-refractivity contribution in [2.75, 3.05) is 5.32 Å². The molecule has 2 N–H and O–H groups in total. The molecule has 0 spiro atoms. The molecule has 1 amide bonds. The molecule has 1 aromatic carbocycles. The van der Waals surface area contributed by atoms with Gasteiger partial charge in [-0.1, -0.05) is 3.89 Å². The maximum Gasteiger partial charge on any atom is 0.488 e. The molecule has 0 saturated heterocycles. The Hall–Kier alpha value is -2.87. The molecule has 0 aliphatic carbocycles. The number of benzene rings is 1. The zero-order valence-electron chi connectivity index (χ0n) is 12.8. The molecular formula is C13H13FN2O7S. The van der Waals surface area contributed by atoms with E-state index in [4.69, 9.17) is 15.1 Å². The molecular weight excluding hydrogens is 347 g/mol. The van der Waals surface area contributed by atoms with Gasteiger partial charge in [-0.2, -0.15) is 13.7 Å². The highest BCUT2D eigenvalue weighted by atomic mass is 32.3. The van der Waals surface area contributed by atoms with Gasteiger partial charge in [0.05, 0.1) is 11.3 Å². The van der Waals surface area contributed by atoms with Crippen LogP contribution in [0.3, 0.4) is 0 Å². The van der Waals surface area contributed by atoms with Crippen LogP contribution in [0.5, 0.6) is 5.75 Å². The van der Waals surface area contributed by atoms with Crippen LogP contribution in [0.4, 0.5) is 14.4 Å². The first-order valence-corrected chi connectivity index (χ1v) is 7.59. The largest absolute Gasteiger partial charge is 0.488 e. The van der Waals surface area contributed by atoms with Gasteiger partial charge in [0.1, 0.15) is 17.2 Å². The molecule has 1 rings (SSSR count). The number of amides is 1. The number of hydrogen-bond donors (Lipinski definition) is 2. The molecule has 0 fully saturated rings. The van der Waals surface area contributed by atoms with Gasteiger partial charge in [0, 0.05) is 6.07 Å². The predicted molar refractivity (Wildman–Crippen MR) is 78.6 cm³/mol. The predicted octanol–water partition coefficient (Wildman–Crippen LogP) is 2.20. The van der Waals surface area contributed by atoms with E-state index in [-0.39, 0.29) is 11.3 Å². The lowest BCUT2D eigenvalue weighted by molar-refractivity contribution is 0.0634. The van der Waals surface area contributed by atoms with Gasteiger partial charge >= 0.3 is 22.6 Å². The van der Waals surface area contributed by atoms with Gasteiger partial charge < -0.3 is 14.0 Å².